The summed E-state index contributed by atoms with van der Waals surface area (Å²) in [6.45, 7) is 0. The number of hydrogen-bond donors (Lipinski definition) is 0. The molecule has 0 aliphatic carbocycles. The zero-order chi connectivity index (χ0) is 27.8. The normalized spacial score (nSPS) is 12.7. The third-order valence-corrected chi connectivity index (χ3v) is 10.4. The van der Waals surface area contributed by atoms with Gasteiger partial charge in [0, 0.05) is 52.8 Å². The molecule has 0 radical (unpaired) electrons. The molecule has 0 saturated heterocycles. The minimum Gasteiger partial charge on any atom is -0.309 e. The molecule has 0 fully saturated rings. The van der Waals surface area contributed by atoms with Gasteiger partial charge in [-0.2, -0.15) is 0 Å². The van der Waals surface area contributed by atoms with E-state index in [-0.39, 0.29) is 0 Å². The van der Waals surface area contributed by atoms with Crippen LogP contribution in [0.5, 0.6) is 0 Å². The molecular weight excluding hydrogens is 545 g/mol. The Bertz CT molecular complexity index is 2960. The molecule has 0 aliphatic heterocycles. The van der Waals surface area contributed by atoms with Crippen molar-refractivity contribution >= 4 is 103 Å². The number of para-hydroxylation sites is 4. The molecule has 0 saturated carbocycles. The van der Waals surface area contributed by atoms with E-state index in [1.165, 1.54) is 58.3 Å². The van der Waals surface area contributed by atoms with Gasteiger partial charge in [0.2, 0.25) is 0 Å². The fourth-order valence-corrected chi connectivity index (χ4v) is 8.71. The highest BCUT2D eigenvalue weighted by atomic mass is 32.1. The average Bonchev–Trinajstić information content (AvgIpc) is 3.78. The first-order chi connectivity index (χ1) is 21.3. The van der Waals surface area contributed by atoms with Crippen LogP contribution in [0, 0.1) is 0 Å². The van der Waals surface area contributed by atoms with Crippen molar-refractivity contribution in [3.8, 4) is 5.69 Å². The summed E-state index contributed by atoms with van der Waals surface area (Å²) in [7, 11) is 0. The fourth-order valence-electron chi connectivity index (χ4n) is 7.45. The summed E-state index contributed by atoms with van der Waals surface area (Å²) in [5, 5.41) is 8.88. The second kappa shape index (κ2) is 7.65. The van der Waals surface area contributed by atoms with Gasteiger partial charge in [-0.25, -0.2) is 9.97 Å². The van der Waals surface area contributed by atoms with E-state index in [0.717, 1.165) is 38.8 Å². The predicted molar refractivity (Wildman–Crippen MR) is 181 cm³/mol. The number of rotatable bonds is 1. The van der Waals surface area contributed by atoms with Gasteiger partial charge in [-0.3, -0.25) is 4.40 Å². The summed E-state index contributed by atoms with van der Waals surface area (Å²) in [6.07, 6.45) is 0. The average molecular weight is 565 g/mol. The first kappa shape index (κ1) is 22.1. The maximum absolute atomic E-state index is 5.12. The number of fused-ring (bicyclic) bond motifs is 14. The van der Waals surface area contributed by atoms with Crippen LogP contribution in [0.15, 0.2) is 121 Å². The second-order valence-electron chi connectivity index (χ2n) is 11.4. The van der Waals surface area contributed by atoms with Crippen LogP contribution >= 0.6 is 11.3 Å². The Morgan fingerprint density at radius 2 is 1.26 bits per heavy atom. The first-order valence-corrected chi connectivity index (χ1v) is 15.3. The van der Waals surface area contributed by atoms with E-state index in [1.807, 2.05) is 35.6 Å². The zero-order valence-electron chi connectivity index (χ0n) is 22.7. The van der Waals surface area contributed by atoms with Crippen molar-refractivity contribution in [2.45, 2.75) is 0 Å². The monoisotopic (exact) mass is 564 g/mol. The molecule has 11 aromatic rings. The van der Waals surface area contributed by atoms with Crippen molar-refractivity contribution in [1.29, 1.82) is 0 Å². The summed E-state index contributed by atoms with van der Waals surface area (Å²) in [4.78, 5) is 10.2. The minimum atomic E-state index is 0.914. The summed E-state index contributed by atoms with van der Waals surface area (Å²) >= 11 is 1.90. The molecular formula is C38H20N4S. The minimum absolute atomic E-state index is 0.914. The van der Waals surface area contributed by atoms with Crippen molar-refractivity contribution < 1.29 is 0 Å². The maximum atomic E-state index is 5.12. The van der Waals surface area contributed by atoms with Crippen molar-refractivity contribution in [1.82, 2.24) is 18.9 Å². The number of hydrogen-bond acceptors (Lipinski definition) is 3. The smallest absolute Gasteiger partial charge is 0.165 e. The van der Waals surface area contributed by atoms with Crippen LogP contribution < -0.4 is 0 Å². The molecule has 198 valence electrons. The standard InChI is InChI=1S/C38H20N4S/c1-5-14-30-25(9-1)34-32(19-17-24-22-8-2-6-15-33(22)43-37(24)34)41(30)21-16-18-31-27(20-21)23-10-7-11-26-35-38(42(31)36(23)26)40-29-13-4-3-12-28(29)39-35/h1-20H. The second-order valence-corrected chi connectivity index (χ2v) is 12.5. The largest absolute Gasteiger partial charge is 0.309 e. The van der Waals surface area contributed by atoms with Crippen LogP contribution in [-0.4, -0.2) is 18.9 Å². The number of nitrogens with zero attached hydrogens (tertiary/aromatic N) is 4. The third-order valence-electron chi connectivity index (χ3n) is 9.23. The van der Waals surface area contributed by atoms with Crippen LogP contribution in [0.25, 0.3) is 97.1 Å². The van der Waals surface area contributed by atoms with Crippen LogP contribution in [0.2, 0.25) is 0 Å². The van der Waals surface area contributed by atoms with Gasteiger partial charge in [-0.15, -0.1) is 11.3 Å². The summed E-state index contributed by atoms with van der Waals surface area (Å²) < 4.78 is 7.43. The number of aromatic nitrogens is 4. The van der Waals surface area contributed by atoms with Crippen molar-refractivity contribution in [2.75, 3.05) is 0 Å². The number of thiophene rings is 1. The molecule has 11 rings (SSSR count). The fraction of sp³-hybridized carbons (Fsp3) is 0. The summed E-state index contributed by atoms with van der Waals surface area (Å²) in [6, 6.07) is 43.8. The zero-order valence-corrected chi connectivity index (χ0v) is 23.6. The van der Waals surface area contributed by atoms with Crippen LogP contribution in [0.4, 0.5) is 0 Å². The highest BCUT2D eigenvalue weighted by molar-refractivity contribution is 7.26. The quantitative estimate of drug-likeness (QED) is 0.199. The van der Waals surface area contributed by atoms with Gasteiger partial charge >= 0.3 is 0 Å². The first-order valence-electron chi connectivity index (χ1n) is 14.5. The molecule has 4 nitrogen and oxygen atoms in total. The van der Waals surface area contributed by atoms with E-state index in [4.69, 9.17) is 9.97 Å². The lowest BCUT2D eigenvalue weighted by Gasteiger charge is -2.09. The van der Waals surface area contributed by atoms with E-state index in [9.17, 15) is 0 Å². The van der Waals surface area contributed by atoms with Crippen molar-refractivity contribution in [3.63, 3.8) is 0 Å². The molecule has 5 aromatic heterocycles. The van der Waals surface area contributed by atoms with E-state index < -0.39 is 0 Å². The predicted octanol–water partition coefficient (Wildman–Crippen LogP) is 10.2. The van der Waals surface area contributed by atoms with Gasteiger partial charge in [0.05, 0.1) is 33.1 Å². The molecule has 6 aromatic carbocycles. The maximum Gasteiger partial charge on any atom is 0.165 e. The molecule has 0 unspecified atom stereocenters. The molecule has 5 heterocycles. The number of benzene rings is 6. The van der Waals surface area contributed by atoms with Crippen LogP contribution in [0.3, 0.4) is 0 Å². The lowest BCUT2D eigenvalue weighted by atomic mass is 10.1. The SMILES string of the molecule is c1ccc2nc3c(nc2c1)c1cccc2c4cc(-n5c6ccccc6c6c7sc8ccccc8c7ccc65)ccc4n3c21. The van der Waals surface area contributed by atoms with Crippen molar-refractivity contribution in [2.24, 2.45) is 0 Å². The lowest BCUT2D eigenvalue weighted by Crippen LogP contribution is -1.94. The van der Waals surface area contributed by atoms with Gasteiger partial charge in [0.1, 0.15) is 5.52 Å². The van der Waals surface area contributed by atoms with Gasteiger partial charge in [0.15, 0.2) is 5.65 Å². The molecule has 0 bridgehead atoms. The van der Waals surface area contributed by atoms with Gasteiger partial charge in [-0.1, -0.05) is 72.8 Å². The molecule has 0 atom stereocenters. The van der Waals surface area contributed by atoms with E-state index in [0.29, 0.717) is 0 Å². The molecule has 0 aliphatic rings. The Kier molecular flexibility index (Phi) is 3.94. The molecule has 0 amide bonds. The van der Waals surface area contributed by atoms with Crippen molar-refractivity contribution in [3.05, 3.63) is 121 Å². The molecule has 43 heavy (non-hydrogen) atoms. The Balaban J connectivity index is 1.26. The van der Waals surface area contributed by atoms with Crippen LogP contribution in [-0.2, 0) is 0 Å². The van der Waals surface area contributed by atoms with E-state index >= 15 is 0 Å². The van der Waals surface area contributed by atoms with Gasteiger partial charge < -0.3 is 4.57 Å². The Morgan fingerprint density at radius 1 is 0.512 bits per heavy atom. The molecule has 0 spiro atoms. The summed E-state index contributed by atoms with van der Waals surface area (Å²) in [5.74, 6) is 0. The molecule has 0 N–H and O–H groups in total. The van der Waals surface area contributed by atoms with E-state index in [1.54, 1.807) is 0 Å². The van der Waals surface area contributed by atoms with Gasteiger partial charge in [0.25, 0.3) is 0 Å². The Hall–Kier alpha value is -5.52. The van der Waals surface area contributed by atoms with Gasteiger partial charge in [-0.05, 0) is 48.5 Å². The highest BCUT2D eigenvalue weighted by Gasteiger charge is 2.22. The topological polar surface area (TPSA) is 35.1 Å². The lowest BCUT2D eigenvalue weighted by molar-refractivity contribution is 1.18. The summed E-state index contributed by atoms with van der Waals surface area (Å²) in [5.41, 5.74) is 9.68. The molecule has 5 heteroatoms. The Labute approximate surface area is 248 Å². The van der Waals surface area contributed by atoms with E-state index in [2.05, 4.69) is 106 Å². The highest BCUT2D eigenvalue weighted by Crippen LogP contribution is 2.44. The Morgan fingerprint density at radius 3 is 2.19 bits per heavy atom. The van der Waals surface area contributed by atoms with Crippen LogP contribution in [0.1, 0.15) is 0 Å². The third kappa shape index (κ3) is 2.67.